The van der Waals surface area contributed by atoms with Gasteiger partial charge in [0.25, 0.3) is 11.8 Å². The van der Waals surface area contributed by atoms with Crippen molar-refractivity contribution in [1.29, 1.82) is 0 Å². The summed E-state index contributed by atoms with van der Waals surface area (Å²) in [6.45, 7) is 3.44. The Labute approximate surface area is 132 Å². The smallest absolute Gasteiger partial charge is 0.262 e. The molecule has 2 aliphatic heterocycles. The Bertz CT molecular complexity index is 645. The number of nitrogens with one attached hydrogen (secondary N) is 2. The zero-order valence-corrected chi connectivity index (χ0v) is 13.8. The number of rotatable bonds is 0. The highest BCUT2D eigenvalue weighted by atomic mass is 79.9. The van der Waals surface area contributed by atoms with Gasteiger partial charge in [-0.1, -0.05) is 0 Å². The maximum atomic E-state index is 11.0. The number of hydrogen-bond donors (Lipinski definition) is 2. The first-order valence-electron chi connectivity index (χ1n) is 5.98. The number of carbonyl (C=O) groups excluding carboxylic acids is 2. The molecule has 0 atom stereocenters. The van der Waals surface area contributed by atoms with E-state index in [9.17, 15) is 9.59 Å². The lowest BCUT2D eigenvalue weighted by Gasteiger charge is -1.86. The summed E-state index contributed by atoms with van der Waals surface area (Å²) in [6, 6.07) is 4.05. The van der Waals surface area contributed by atoms with Crippen molar-refractivity contribution in [2.24, 2.45) is 0 Å². The van der Waals surface area contributed by atoms with Crippen molar-refractivity contribution in [2.75, 3.05) is 0 Å². The Morgan fingerprint density at radius 3 is 2.10 bits per heavy atom. The van der Waals surface area contributed by atoms with Crippen molar-refractivity contribution in [3.8, 4) is 0 Å². The van der Waals surface area contributed by atoms with E-state index >= 15 is 0 Å². The van der Waals surface area contributed by atoms with Gasteiger partial charge < -0.3 is 10.6 Å². The molecule has 4 heterocycles. The van der Waals surface area contributed by atoms with E-state index in [4.69, 9.17) is 0 Å². The van der Waals surface area contributed by atoms with Crippen molar-refractivity contribution in [3.63, 3.8) is 0 Å². The highest BCUT2D eigenvalue weighted by Gasteiger charge is 2.21. The first-order valence-corrected chi connectivity index (χ1v) is 8.41. The van der Waals surface area contributed by atoms with Crippen LogP contribution in [0.5, 0.6) is 0 Å². The molecule has 0 aromatic carbocycles. The number of thiophene rings is 2. The minimum Gasteiger partial charge on any atom is -0.347 e. The highest BCUT2D eigenvalue weighted by molar-refractivity contribution is 9.11. The molecule has 2 amide bonds. The Morgan fingerprint density at radius 1 is 1.00 bits per heavy atom. The lowest BCUT2D eigenvalue weighted by molar-refractivity contribution is 0.0961. The van der Waals surface area contributed by atoms with Gasteiger partial charge in [-0.2, -0.15) is 0 Å². The topological polar surface area (TPSA) is 58.2 Å². The largest absolute Gasteiger partial charge is 0.347 e. The van der Waals surface area contributed by atoms with Crippen molar-refractivity contribution >= 4 is 50.4 Å². The first kappa shape index (κ1) is 13.8. The van der Waals surface area contributed by atoms with Crippen LogP contribution in [0, 0.1) is 6.92 Å². The van der Waals surface area contributed by atoms with Gasteiger partial charge in [-0.15, -0.1) is 22.7 Å². The fraction of sp³-hybridized carbons (Fsp3) is 0.231. The third kappa shape index (κ3) is 2.53. The van der Waals surface area contributed by atoms with Gasteiger partial charge >= 0.3 is 0 Å². The number of fused-ring (bicyclic) bond motifs is 2. The molecular formula is C13H11BrN2O2S2. The summed E-state index contributed by atoms with van der Waals surface area (Å²) >= 11 is 6.39. The van der Waals surface area contributed by atoms with E-state index in [0.717, 1.165) is 31.2 Å². The van der Waals surface area contributed by atoms with E-state index < -0.39 is 0 Å². The van der Waals surface area contributed by atoms with Crippen LogP contribution in [0.25, 0.3) is 0 Å². The molecule has 2 N–H and O–H groups in total. The second-order valence-corrected chi connectivity index (χ2v) is 8.17. The highest BCUT2D eigenvalue weighted by Crippen LogP contribution is 2.29. The number of amides is 2. The predicted octanol–water partition coefficient (Wildman–Crippen LogP) is 3.05. The summed E-state index contributed by atoms with van der Waals surface area (Å²) in [6.07, 6.45) is 0. The van der Waals surface area contributed by atoms with Gasteiger partial charge in [0.2, 0.25) is 0 Å². The average Bonchev–Trinajstić information content (AvgIpc) is 3.09. The number of hydrogen-bond acceptors (Lipinski definition) is 4. The molecule has 0 saturated heterocycles. The molecule has 7 heteroatoms. The maximum absolute atomic E-state index is 11.0. The van der Waals surface area contributed by atoms with E-state index in [0.29, 0.717) is 6.54 Å². The Kier molecular flexibility index (Phi) is 3.66. The van der Waals surface area contributed by atoms with E-state index in [1.54, 1.807) is 11.3 Å². The van der Waals surface area contributed by atoms with Gasteiger partial charge in [0, 0.05) is 18.0 Å². The predicted molar refractivity (Wildman–Crippen MR) is 83.4 cm³/mol. The number of halogens is 1. The molecule has 2 aliphatic rings. The Hall–Kier alpha value is -1.18. The van der Waals surface area contributed by atoms with E-state index in [-0.39, 0.29) is 11.8 Å². The number of aryl methyl sites for hydroxylation is 1. The second kappa shape index (κ2) is 5.31. The normalized spacial score (nSPS) is 15.1. The summed E-state index contributed by atoms with van der Waals surface area (Å²) in [7, 11) is 0. The quantitative estimate of drug-likeness (QED) is 0.748. The van der Waals surface area contributed by atoms with Crippen molar-refractivity contribution in [2.45, 2.75) is 20.0 Å². The van der Waals surface area contributed by atoms with Gasteiger partial charge in [-0.25, -0.2) is 0 Å². The van der Waals surface area contributed by atoms with Crippen molar-refractivity contribution in [1.82, 2.24) is 10.6 Å². The molecule has 2 aromatic heterocycles. The fourth-order valence-corrected chi connectivity index (χ4v) is 4.66. The zero-order valence-electron chi connectivity index (χ0n) is 10.6. The van der Waals surface area contributed by atoms with Crippen molar-refractivity contribution in [3.05, 3.63) is 41.7 Å². The molecule has 0 fully saturated rings. The van der Waals surface area contributed by atoms with Crippen LogP contribution < -0.4 is 10.6 Å². The van der Waals surface area contributed by atoms with Crippen LogP contribution in [-0.4, -0.2) is 11.8 Å². The van der Waals surface area contributed by atoms with E-state index in [1.807, 2.05) is 13.0 Å². The molecule has 2 aromatic rings. The van der Waals surface area contributed by atoms with Crippen LogP contribution in [0.15, 0.2) is 15.9 Å². The minimum atomic E-state index is 0.0608. The third-order valence-corrected chi connectivity index (χ3v) is 5.77. The van der Waals surface area contributed by atoms with E-state index in [1.165, 1.54) is 16.2 Å². The average molecular weight is 371 g/mol. The molecule has 0 unspecified atom stereocenters. The number of carbonyl (C=O) groups is 2. The lowest BCUT2D eigenvalue weighted by atomic mass is 10.3. The second-order valence-electron chi connectivity index (χ2n) is 4.48. The lowest BCUT2D eigenvalue weighted by Crippen LogP contribution is -2.12. The SMILES string of the molecule is Cc1cc2c(s1)C(=O)NC2.O=C1NCc2cc(Br)sc21. The molecule has 4 nitrogen and oxygen atoms in total. The van der Waals surface area contributed by atoms with Crippen LogP contribution in [-0.2, 0) is 13.1 Å². The Balaban J connectivity index is 0.000000121. The standard InChI is InChI=1S/C7H7NOS.C6H4BrNOS/c1-4-2-5-3-8-7(9)6(5)10-4;7-4-1-3-2-8-6(9)5(3)10-4/h2H,3H2,1H3,(H,8,9);1H,2H2,(H,8,9). The summed E-state index contributed by atoms with van der Waals surface area (Å²) in [5.41, 5.74) is 2.27. The summed E-state index contributed by atoms with van der Waals surface area (Å²) < 4.78 is 1.03. The van der Waals surface area contributed by atoms with Crippen LogP contribution in [0.4, 0.5) is 0 Å². The van der Waals surface area contributed by atoms with Gasteiger partial charge in [0.15, 0.2) is 0 Å². The third-order valence-electron chi connectivity index (χ3n) is 3.00. The van der Waals surface area contributed by atoms with Crippen LogP contribution >= 0.6 is 38.6 Å². The van der Waals surface area contributed by atoms with Gasteiger partial charge in [0.05, 0.1) is 13.5 Å². The molecule has 0 aliphatic carbocycles. The summed E-state index contributed by atoms with van der Waals surface area (Å²) in [4.78, 5) is 24.9. The van der Waals surface area contributed by atoms with Gasteiger partial charge in [0.1, 0.15) is 0 Å². The van der Waals surface area contributed by atoms with Gasteiger partial charge in [-0.3, -0.25) is 9.59 Å². The van der Waals surface area contributed by atoms with E-state index in [2.05, 4.69) is 32.6 Å². The molecule has 0 saturated carbocycles. The monoisotopic (exact) mass is 370 g/mol. The first-order chi connectivity index (χ1) is 9.54. The minimum absolute atomic E-state index is 0.0608. The molecule has 0 bridgehead atoms. The molecule has 4 rings (SSSR count). The molecule has 104 valence electrons. The Morgan fingerprint density at radius 2 is 1.55 bits per heavy atom. The van der Waals surface area contributed by atoms with Crippen LogP contribution in [0.1, 0.15) is 35.3 Å². The summed E-state index contributed by atoms with van der Waals surface area (Å²) in [5.74, 6) is 0.152. The fourth-order valence-electron chi connectivity index (χ4n) is 2.12. The van der Waals surface area contributed by atoms with Gasteiger partial charge in [-0.05, 0) is 46.1 Å². The summed E-state index contributed by atoms with van der Waals surface area (Å²) in [5, 5.41) is 5.51. The van der Waals surface area contributed by atoms with Crippen molar-refractivity contribution < 1.29 is 9.59 Å². The molecule has 0 spiro atoms. The van der Waals surface area contributed by atoms with Crippen LogP contribution in [0.2, 0.25) is 0 Å². The zero-order chi connectivity index (χ0) is 14.3. The molecule has 20 heavy (non-hydrogen) atoms. The molecular weight excluding hydrogens is 360 g/mol. The van der Waals surface area contributed by atoms with Crippen LogP contribution in [0.3, 0.4) is 0 Å². The maximum Gasteiger partial charge on any atom is 0.262 e. The molecule has 0 radical (unpaired) electrons.